The number of para-hydroxylation sites is 1. The summed E-state index contributed by atoms with van der Waals surface area (Å²) in [6.07, 6.45) is 1.96. The van der Waals surface area contributed by atoms with Crippen LogP contribution in [-0.2, 0) is 6.42 Å². The van der Waals surface area contributed by atoms with Gasteiger partial charge in [-0.15, -0.1) is 0 Å². The molecule has 0 N–H and O–H groups in total. The van der Waals surface area contributed by atoms with Gasteiger partial charge in [0.2, 0.25) is 0 Å². The molecule has 22 heavy (non-hydrogen) atoms. The largest absolute Gasteiger partial charge is 0.496 e. The zero-order valence-electron chi connectivity index (χ0n) is 13.7. The molecule has 0 bridgehead atoms. The van der Waals surface area contributed by atoms with Gasteiger partial charge in [0, 0.05) is 17.2 Å². The van der Waals surface area contributed by atoms with Gasteiger partial charge in [0.1, 0.15) is 17.3 Å². The van der Waals surface area contributed by atoms with Crippen molar-refractivity contribution in [3.8, 4) is 22.6 Å². The molecule has 2 nitrogen and oxygen atoms in total. The van der Waals surface area contributed by atoms with E-state index in [0.29, 0.717) is 5.75 Å². The lowest BCUT2D eigenvalue weighted by atomic mass is 9.98. The Morgan fingerprint density at radius 2 is 1.86 bits per heavy atom. The van der Waals surface area contributed by atoms with Gasteiger partial charge >= 0.3 is 0 Å². The molecular weight excluding hydrogens is 279 g/mol. The topological polar surface area (TPSA) is 18.5 Å². The lowest BCUT2D eigenvalue weighted by molar-refractivity contribution is 0.242. The number of aryl methyl sites for hydroxylation is 1. The summed E-state index contributed by atoms with van der Waals surface area (Å²) in [5.41, 5.74) is 2.94. The maximum atomic E-state index is 13.6. The molecule has 2 aromatic carbocycles. The van der Waals surface area contributed by atoms with Gasteiger partial charge in [-0.05, 0) is 38.0 Å². The van der Waals surface area contributed by atoms with E-state index < -0.39 is 0 Å². The Balaban J connectivity index is 2.58. The van der Waals surface area contributed by atoms with Gasteiger partial charge in [-0.25, -0.2) is 4.39 Å². The highest BCUT2D eigenvalue weighted by atomic mass is 19.1. The van der Waals surface area contributed by atoms with Gasteiger partial charge in [-0.3, -0.25) is 0 Å². The molecule has 0 saturated heterocycles. The second-order valence-electron chi connectivity index (χ2n) is 5.56. The van der Waals surface area contributed by atoms with E-state index >= 15 is 0 Å². The number of rotatable bonds is 6. The first-order chi connectivity index (χ1) is 10.6. The molecule has 0 aliphatic carbocycles. The van der Waals surface area contributed by atoms with E-state index in [2.05, 4.69) is 13.0 Å². The second-order valence-corrected chi connectivity index (χ2v) is 5.56. The Morgan fingerprint density at radius 1 is 1.09 bits per heavy atom. The monoisotopic (exact) mass is 302 g/mol. The molecule has 0 heterocycles. The molecule has 0 saturated carbocycles. The molecule has 0 spiro atoms. The Hall–Kier alpha value is -2.03. The maximum absolute atomic E-state index is 13.6. The minimum atomic E-state index is -0.303. The highest BCUT2D eigenvalue weighted by molar-refractivity contribution is 5.77. The van der Waals surface area contributed by atoms with Crippen molar-refractivity contribution < 1.29 is 13.9 Å². The van der Waals surface area contributed by atoms with Crippen LogP contribution in [0.1, 0.15) is 32.8 Å². The first kappa shape index (κ1) is 16.3. The van der Waals surface area contributed by atoms with Crippen LogP contribution >= 0.6 is 0 Å². The summed E-state index contributed by atoms with van der Waals surface area (Å²) in [5, 5.41) is 0. The van der Waals surface area contributed by atoms with Crippen molar-refractivity contribution in [2.45, 2.75) is 39.7 Å². The minimum Gasteiger partial charge on any atom is -0.496 e. The Kier molecular flexibility index (Phi) is 5.42. The molecular formula is C19H23FO2. The van der Waals surface area contributed by atoms with E-state index in [1.807, 2.05) is 26.0 Å². The van der Waals surface area contributed by atoms with Crippen LogP contribution in [0, 0.1) is 5.82 Å². The van der Waals surface area contributed by atoms with Crippen LogP contribution in [-0.4, -0.2) is 13.2 Å². The first-order valence-electron chi connectivity index (χ1n) is 7.69. The van der Waals surface area contributed by atoms with E-state index in [1.54, 1.807) is 13.2 Å². The molecule has 2 rings (SSSR count). The van der Waals surface area contributed by atoms with Crippen LogP contribution in [0.3, 0.4) is 0 Å². The van der Waals surface area contributed by atoms with Gasteiger partial charge in [0.15, 0.2) is 0 Å². The summed E-state index contributed by atoms with van der Waals surface area (Å²) in [7, 11) is 1.67. The van der Waals surface area contributed by atoms with Crippen LogP contribution in [0.2, 0.25) is 0 Å². The molecule has 0 aromatic heterocycles. The summed E-state index contributed by atoms with van der Waals surface area (Å²) in [5.74, 6) is 1.08. The Bertz CT molecular complexity index is 635. The zero-order chi connectivity index (χ0) is 16.1. The predicted octanol–water partition coefficient (Wildman–Crippen LogP) is 5.24. The second kappa shape index (κ2) is 7.30. The molecule has 0 unspecified atom stereocenters. The summed E-state index contributed by atoms with van der Waals surface area (Å²) < 4.78 is 25.0. The fraction of sp³-hybridized carbons (Fsp3) is 0.368. The highest BCUT2D eigenvalue weighted by Gasteiger charge is 2.15. The average molecular weight is 302 g/mol. The third-order valence-electron chi connectivity index (χ3n) is 3.42. The summed E-state index contributed by atoms with van der Waals surface area (Å²) in [6, 6.07) is 10.7. The number of hydrogen-bond acceptors (Lipinski definition) is 2. The fourth-order valence-corrected chi connectivity index (χ4v) is 2.57. The third kappa shape index (κ3) is 3.59. The van der Waals surface area contributed by atoms with Crippen LogP contribution in [0.25, 0.3) is 11.1 Å². The lowest BCUT2D eigenvalue weighted by Gasteiger charge is -2.18. The molecule has 0 aliphatic heterocycles. The van der Waals surface area contributed by atoms with E-state index in [1.165, 1.54) is 12.1 Å². The van der Waals surface area contributed by atoms with Crippen LogP contribution in [0.15, 0.2) is 36.4 Å². The molecule has 118 valence electrons. The van der Waals surface area contributed by atoms with E-state index in [0.717, 1.165) is 35.3 Å². The normalized spacial score (nSPS) is 10.8. The third-order valence-corrected chi connectivity index (χ3v) is 3.42. The standard InChI is InChI=1S/C19H23FO2/c1-5-7-14-8-6-9-17(19(14)21-4)16-11-10-15(20)12-18(16)22-13(2)3/h6,8-13H,5,7H2,1-4H3. The van der Waals surface area contributed by atoms with Gasteiger partial charge in [-0.2, -0.15) is 0 Å². The number of benzene rings is 2. The van der Waals surface area contributed by atoms with Crippen molar-refractivity contribution in [2.24, 2.45) is 0 Å². The van der Waals surface area contributed by atoms with Crippen LogP contribution in [0.5, 0.6) is 11.5 Å². The maximum Gasteiger partial charge on any atom is 0.130 e. The SMILES string of the molecule is CCCc1cccc(-c2ccc(F)cc2OC(C)C)c1OC. The minimum absolute atomic E-state index is 0.0228. The van der Waals surface area contributed by atoms with Crippen LogP contribution < -0.4 is 9.47 Å². The molecule has 0 radical (unpaired) electrons. The average Bonchev–Trinajstić information content (AvgIpc) is 2.47. The van der Waals surface area contributed by atoms with Crippen molar-refractivity contribution in [3.05, 3.63) is 47.8 Å². The highest BCUT2D eigenvalue weighted by Crippen LogP contribution is 2.39. The lowest BCUT2D eigenvalue weighted by Crippen LogP contribution is -2.07. The Labute approximate surface area is 131 Å². The Morgan fingerprint density at radius 3 is 2.50 bits per heavy atom. The zero-order valence-corrected chi connectivity index (χ0v) is 13.7. The molecule has 0 aliphatic rings. The van der Waals surface area contributed by atoms with Gasteiger partial charge in [0.25, 0.3) is 0 Å². The van der Waals surface area contributed by atoms with Crippen molar-refractivity contribution in [2.75, 3.05) is 7.11 Å². The van der Waals surface area contributed by atoms with Crippen molar-refractivity contribution in [1.29, 1.82) is 0 Å². The number of halogens is 1. The van der Waals surface area contributed by atoms with Gasteiger partial charge in [-0.1, -0.05) is 31.5 Å². The van der Waals surface area contributed by atoms with Gasteiger partial charge < -0.3 is 9.47 Å². The number of methoxy groups -OCH3 is 1. The van der Waals surface area contributed by atoms with Crippen LogP contribution in [0.4, 0.5) is 4.39 Å². The summed E-state index contributed by atoms with van der Waals surface area (Å²) in [6.45, 7) is 6.00. The number of hydrogen-bond donors (Lipinski definition) is 0. The first-order valence-corrected chi connectivity index (χ1v) is 7.69. The molecule has 0 amide bonds. The predicted molar refractivity (Wildman–Crippen MR) is 88.1 cm³/mol. The summed E-state index contributed by atoms with van der Waals surface area (Å²) >= 11 is 0. The van der Waals surface area contributed by atoms with E-state index in [9.17, 15) is 4.39 Å². The van der Waals surface area contributed by atoms with E-state index in [4.69, 9.17) is 9.47 Å². The number of ether oxygens (including phenoxy) is 2. The van der Waals surface area contributed by atoms with Crippen molar-refractivity contribution in [3.63, 3.8) is 0 Å². The van der Waals surface area contributed by atoms with E-state index in [-0.39, 0.29) is 11.9 Å². The quantitative estimate of drug-likeness (QED) is 0.726. The van der Waals surface area contributed by atoms with Crippen molar-refractivity contribution in [1.82, 2.24) is 0 Å². The van der Waals surface area contributed by atoms with Gasteiger partial charge in [0.05, 0.1) is 13.2 Å². The molecule has 0 fully saturated rings. The van der Waals surface area contributed by atoms with Crippen molar-refractivity contribution >= 4 is 0 Å². The molecule has 2 aromatic rings. The fourth-order valence-electron chi connectivity index (χ4n) is 2.57. The molecule has 0 atom stereocenters. The molecule has 3 heteroatoms. The smallest absolute Gasteiger partial charge is 0.130 e. The summed E-state index contributed by atoms with van der Waals surface area (Å²) in [4.78, 5) is 0.